The first kappa shape index (κ1) is 27.7. The van der Waals surface area contributed by atoms with Crippen molar-refractivity contribution in [3.63, 3.8) is 0 Å². The number of alkyl halides is 1. The molecule has 5 heteroatoms. The normalized spacial score (nSPS) is 35.4. The van der Waals surface area contributed by atoms with Gasteiger partial charge in [-0.05, 0) is 88.0 Å². The van der Waals surface area contributed by atoms with Crippen LogP contribution in [0.25, 0.3) is 0 Å². The van der Waals surface area contributed by atoms with Crippen molar-refractivity contribution in [2.45, 2.75) is 110 Å². The first-order chi connectivity index (χ1) is 15.9. The standard InChI is InChI=1S/C29H45BrO4/c1-19-10-13-23(31)16-22(19)12-11-21-9-7-15-29(5)24(20(2)8-6-14-28(3,4)33)17-25(27(21)29)34-26(32)18-30/h11-12,20,23-25,27,31,33H,1,6-10,13-18H2,2-5H3/b21-11+,22-12+/t20-,23+,24-,25?,27-,29-/m1/s1. The molecular formula is C29H45BrO4. The number of aliphatic hydroxyl groups excluding tert-OH is 1. The number of hydrogen-bond donors (Lipinski definition) is 2. The highest BCUT2D eigenvalue weighted by Gasteiger charge is 2.56. The predicted octanol–water partition coefficient (Wildman–Crippen LogP) is 6.65. The fourth-order valence-corrected chi connectivity index (χ4v) is 7.11. The van der Waals surface area contributed by atoms with Gasteiger partial charge in [-0.3, -0.25) is 4.79 Å². The number of rotatable bonds is 8. The summed E-state index contributed by atoms with van der Waals surface area (Å²) in [6.07, 6.45) is 13.5. The van der Waals surface area contributed by atoms with E-state index in [4.69, 9.17) is 4.74 Å². The highest BCUT2D eigenvalue weighted by Crippen LogP contribution is 2.60. The van der Waals surface area contributed by atoms with Crippen molar-refractivity contribution in [3.8, 4) is 0 Å². The molecule has 34 heavy (non-hydrogen) atoms. The van der Waals surface area contributed by atoms with E-state index >= 15 is 0 Å². The van der Waals surface area contributed by atoms with Gasteiger partial charge < -0.3 is 14.9 Å². The fraction of sp³-hybridized carbons (Fsp3) is 0.759. The molecule has 6 atom stereocenters. The summed E-state index contributed by atoms with van der Waals surface area (Å²) >= 11 is 3.27. The molecule has 3 fully saturated rings. The molecule has 0 saturated heterocycles. The lowest BCUT2D eigenvalue weighted by Gasteiger charge is -2.44. The molecule has 0 amide bonds. The minimum atomic E-state index is -0.624. The van der Waals surface area contributed by atoms with E-state index < -0.39 is 5.60 Å². The van der Waals surface area contributed by atoms with Gasteiger partial charge in [0, 0.05) is 5.92 Å². The Balaban J connectivity index is 1.86. The molecule has 3 saturated carbocycles. The fourth-order valence-electron chi connectivity index (χ4n) is 6.98. The molecule has 3 rings (SSSR count). The Kier molecular flexibility index (Phi) is 9.30. The van der Waals surface area contributed by atoms with Crippen LogP contribution in [0.15, 0.2) is 35.5 Å². The van der Waals surface area contributed by atoms with Gasteiger partial charge in [0.1, 0.15) is 11.4 Å². The van der Waals surface area contributed by atoms with Crippen LogP contribution in [-0.2, 0) is 9.53 Å². The van der Waals surface area contributed by atoms with Crippen molar-refractivity contribution in [1.82, 2.24) is 0 Å². The van der Waals surface area contributed by atoms with Crippen LogP contribution in [0.5, 0.6) is 0 Å². The number of halogens is 1. The second-order valence-corrected chi connectivity index (χ2v) is 12.5. The highest BCUT2D eigenvalue weighted by molar-refractivity contribution is 9.09. The lowest BCUT2D eigenvalue weighted by molar-refractivity contribution is -0.147. The largest absolute Gasteiger partial charge is 0.461 e. The average molecular weight is 538 g/mol. The van der Waals surface area contributed by atoms with Gasteiger partial charge in [0.2, 0.25) is 0 Å². The minimum Gasteiger partial charge on any atom is -0.461 e. The molecule has 4 nitrogen and oxygen atoms in total. The number of allylic oxidation sites excluding steroid dienone is 3. The molecular weight excluding hydrogens is 492 g/mol. The number of carbonyl (C=O) groups excluding carboxylic acids is 1. The van der Waals surface area contributed by atoms with Crippen LogP contribution in [0.4, 0.5) is 0 Å². The number of carbonyl (C=O) groups is 1. The van der Waals surface area contributed by atoms with Gasteiger partial charge in [-0.25, -0.2) is 0 Å². The van der Waals surface area contributed by atoms with Crippen molar-refractivity contribution in [2.75, 3.05) is 5.33 Å². The molecule has 0 spiro atoms. The van der Waals surface area contributed by atoms with Crippen molar-refractivity contribution in [1.29, 1.82) is 0 Å². The zero-order valence-corrected chi connectivity index (χ0v) is 23.2. The Hall–Kier alpha value is -0.910. The summed E-state index contributed by atoms with van der Waals surface area (Å²) in [7, 11) is 0. The highest BCUT2D eigenvalue weighted by atomic mass is 79.9. The zero-order chi connectivity index (χ0) is 25.1. The second kappa shape index (κ2) is 11.4. The monoisotopic (exact) mass is 536 g/mol. The predicted molar refractivity (Wildman–Crippen MR) is 142 cm³/mol. The summed E-state index contributed by atoms with van der Waals surface area (Å²) < 4.78 is 6.05. The number of aliphatic hydroxyl groups is 2. The molecule has 0 aliphatic heterocycles. The van der Waals surface area contributed by atoms with Crippen LogP contribution in [0.2, 0.25) is 0 Å². The van der Waals surface area contributed by atoms with Gasteiger partial charge in [0.05, 0.1) is 11.7 Å². The third-order valence-corrected chi connectivity index (χ3v) is 9.17. The van der Waals surface area contributed by atoms with Crippen molar-refractivity contribution in [2.24, 2.45) is 23.2 Å². The van der Waals surface area contributed by atoms with Crippen LogP contribution in [-0.4, -0.2) is 39.3 Å². The van der Waals surface area contributed by atoms with Crippen LogP contribution < -0.4 is 0 Å². The molecule has 0 aromatic rings. The second-order valence-electron chi connectivity index (χ2n) is 12.0. The maximum atomic E-state index is 12.3. The number of ether oxygens (including phenoxy) is 1. The van der Waals surface area contributed by atoms with Crippen molar-refractivity contribution < 1.29 is 19.7 Å². The molecule has 0 bridgehead atoms. The van der Waals surface area contributed by atoms with E-state index in [1.54, 1.807) is 0 Å². The Morgan fingerprint density at radius 2 is 2.09 bits per heavy atom. The molecule has 1 unspecified atom stereocenters. The SMILES string of the molecule is C=C1CC[C@H](O)C/C1=C\C=C1/CCC[C@@]2(C)[C@H]1C(OC(=O)CBr)C[C@@H]2[C@H](C)CCCC(C)(C)O. The van der Waals surface area contributed by atoms with Crippen LogP contribution in [0, 0.1) is 23.2 Å². The van der Waals surface area contributed by atoms with Gasteiger partial charge in [0.25, 0.3) is 0 Å². The topological polar surface area (TPSA) is 66.8 Å². The third-order valence-electron chi connectivity index (χ3n) is 8.71. The molecule has 2 N–H and O–H groups in total. The summed E-state index contributed by atoms with van der Waals surface area (Å²) in [5.74, 6) is 1.03. The van der Waals surface area contributed by atoms with E-state index in [2.05, 4.69) is 48.5 Å². The molecule has 0 radical (unpaired) electrons. The van der Waals surface area contributed by atoms with E-state index in [9.17, 15) is 15.0 Å². The molecule has 3 aliphatic carbocycles. The van der Waals surface area contributed by atoms with Gasteiger partial charge >= 0.3 is 5.97 Å². The van der Waals surface area contributed by atoms with Crippen molar-refractivity contribution >= 4 is 21.9 Å². The van der Waals surface area contributed by atoms with Crippen molar-refractivity contribution in [3.05, 3.63) is 35.5 Å². The summed E-state index contributed by atoms with van der Waals surface area (Å²) in [5.41, 5.74) is 3.14. The van der Waals surface area contributed by atoms with Gasteiger partial charge in [-0.2, -0.15) is 0 Å². The Bertz CT molecular complexity index is 807. The molecule has 0 heterocycles. The zero-order valence-electron chi connectivity index (χ0n) is 21.6. The molecule has 192 valence electrons. The van der Waals surface area contributed by atoms with E-state index in [-0.39, 0.29) is 34.8 Å². The number of hydrogen-bond acceptors (Lipinski definition) is 4. The Labute approximate surface area is 215 Å². The van der Waals surface area contributed by atoms with Gasteiger partial charge in [-0.1, -0.05) is 72.5 Å². The summed E-state index contributed by atoms with van der Waals surface area (Å²) in [4.78, 5) is 12.3. The Morgan fingerprint density at radius 1 is 1.35 bits per heavy atom. The van der Waals surface area contributed by atoms with E-state index in [0.717, 1.165) is 68.9 Å². The lowest BCUT2D eigenvalue weighted by Crippen LogP contribution is -2.39. The van der Waals surface area contributed by atoms with Crippen LogP contribution in [0.3, 0.4) is 0 Å². The maximum Gasteiger partial charge on any atom is 0.316 e. The van der Waals surface area contributed by atoms with Crippen LogP contribution >= 0.6 is 15.9 Å². The number of fused-ring (bicyclic) bond motifs is 1. The van der Waals surface area contributed by atoms with E-state index in [0.29, 0.717) is 18.3 Å². The third kappa shape index (κ3) is 6.64. The van der Waals surface area contributed by atoms with E-state index in [1.807, 2.05) is 13.8 Å². The van der Waals surface area contributed by atoms with Gasteiger partial charge in [0.15, 0.2) is 0 Å². The van der Waals surface area contributed by atoms with Gasteiger partial charge in [-0.15, -0.1) is 0 Å². The molecule has 3 aliphatic rings. The molecule has 0 aromatic carbocycles. The first-order valence-corrected chi connectivity index (χ1v) is 14.3. The maximum absolute atomic E-state index is 12.3. The Morgan fingerprint density at radius 3 is 2.76 bits per heavy atom. The van der Waals surface area contributed by atoms with E-state index in [1.165, 1.54) is 5.57 Å². The summed E-state index contributed by atoms with van der Waals surface area (Å²) in [5, 5.41) is 20.5. The smallest absolute Gasteiger partial charge is 0.316 e. The lowest BCUT2D eigenvalue weighted by atomic mass is 9.60. The minimum absolute atomic E-state index is 0.0943. The molecule has 0 aromatic heterocycles. The quantitative estimate of drug-likeness (QED) is 0.269. The average Bonchev–Trinajstić information content (AvgIpc) is 3.05. The van der Waals surface area contributed by atoms with Crippen LogP contribution in [0.1, 0.15) is 91.9 Å². The first-order valence-electron chi connectivity index (χ1n) is 13.2. The summed E-state index contributed by atoms with van der Waals surface area (Å²) in [6, 6.07) is 0. The summed E-state index contributed by atoms with van der Waals surface area (Å²) in [6.45, 7) is 12.7. The number of esters is 1.